The zero-order valence-electron chi connectivity index (χ0n) is 23.7. The van der Waals surface area contributed by atoms with Gasteiger partial charge in [-0.15, -0.1) is 0 Å². The number of esters is 1. The quantitative estimate of drug-likeness (QED) is 0.0946. The normalized spacial score (nSPS) is 11.0. The van der Waals surface area contributed by atoms with Crippen LogP contribution in [-0.4, -0.2) is 12.6 Å². The van der Waals surface area contributed by atoms with Crippen molar-refractivity contribution >= 4 is 5.97 Å². The summed E-state index contributed by atoms with van der Waals surface area (Å²) < 4.78 is 54.8. The minimum absolute atomic E-state index is 0.0664. The van der Waals surface area contributed by atoms with Crippen molar-refractivity contribution in [1.82, 2.24) is 0 Å². The molecule has 3 aromatic rings. The molecular weight excluding hydrogens is 513 g/mol. The molecule has 0 bridgehead atoms. The van der Waals surface area contributed by atoms with Crippen LogP contribution in [0.1, 0.15) is 100 Å². The molecule has 0 radical (unpaired) electrons. The third-order valence-corrected chi connectivity index (χ3v) is 7.02. The fraction of sp³-hybridized carbons (Fsp3) is 0.441. The summed E-state index contributed by atoms with van der Waals surface area (Å²) in [6, 6.07) is 13.3. The second-order valence-corrected chi connectivity index (χ2v) is 10.2. The van der Waals surface area contributed by atoms with E-state index in [1.807, 2.05) is 0 Å². The van der Waals surface area contributed by atoms with Gasteiger partial charge in [-0.3, -0.25) is 0 Å². The van der Waals surface area contributed by atoms with Crippen LogP contribution >= 0.6 is 0 Å². The van der Waals surface area contributed by atoms with Gasteiger partial charge in [-0.25, -0.2) is 13.6 Å². The molecule has 0 saturated heterocycles. The summed E-state index contributed by atoms with van der Waals surface area (Å²) in [6.07, 6.45) is 12.6. The van der Waals surface area contributed by atoms with Gasteiger partial charge in [0.25, 0.3) is 0 Å². The van der Waals surface area contributed by atoms with E-state index in [0.29, 0.717) is 24.2 Å². The largest absolute Gasteiger partial charge is 0.490 e. The summed E-state index contributed by atoms with van der Waals surface area (Å²) in [5.41, 5.74) is 1.29. The van der Waals surface area contributed by atoms with Crippen molar-refractivity contribution in [3.63, 3.8) is 0 Å². The first-order valence-corrected chi connectivity index (χ1v) is 14.7. The van der Waals surface area contributed by atoms with Gasteiger partial charge in [0, 0.05) is 11.6 Å². The van der Waals surface area contributed by atoms with Crippen LogP contribution in [0.25, 0.3) is 11.1 Å². The molecule has 0 aliphatic heterocycles. The Labute approximate surface area is 236 Å². The van der Waals surface area contributed by atoms with Gasteiger partial charge in [-0.05, 0) is 60.7 Å². The fourth-order valence-electron chi connectivity index (χ4n) is 4.60. The number of carbonyl (C=O) groups is 1. The van der Waals surface area contributed by atoms with Gasteiger partial charge in [-0.2, -0.15) is 4.39 Å². The number of rotatable bonds is 17. The van der Waals surface area contributed by atoms with Crippen LogP contribution in [0.4, 0.5) is 13.2 Å². The first-order chi connectivity index (χ1) is 19.4. The Morgan fingerprint density at radius 3 is 2.02 bits per heavy atom. The molecule has 0 spiro atoms. The van der Waals surface area contributed by atoms with Crippen LogP contribution in [0.2, 0.25) is 0 Å². The molecule has 0 fully saturated rings. The number of ether oxygens (including phenoxy) is 2. The molecule has 0 saturated carbocycles. The maximum absolute atomic E-state index is 14.8. The van der Waals surface area contributed by atoms with Crippen LogP contribution in [0.15, 0.2) is 54.6 Å². The number of unbranched alkanes of at least 4 members (excludes halogenated alkanes) is 9. The first kappa shape index (κ1) is 31.3. The summed E-state index contributed by atoms with van der Waals surface area (Å²) >= 11 is 0. The predicted molar refractivity (Wildman–Crippen MR) is 154 cm³/mol. The van der Waals surface area contributed by atoms with Gasteiger partial charge >= 0.3 is 5.97 Å². The van der Waals surface area contributed by atoms with Gasteiger partial charge in [-0.1, -0.05) is 89.8 Å². The maximum atomic E-state index is 14.8. The molecule has 0 N–H and O–H groups in total. The van der Waals surface area contributed by atoms with Crippen LogP contribution < -0.4 is 9.47 Å². The lowest BCUT2D eigenvalue weighted by Gasteiger charge is -2.11. The second-order valence-electron chi connectivity index (χ2n) is 10.2. The molecule has 0 heterocycles. The molecule has 0 amide bonds. The van der Waals surface area contributed by atoms with E-state index >= 15 is 0 Å². The summed E-state index contributed by atoms with van der Waals surface area (Å²) in [5, 5.41) is 0. The second kappa shape index (κ2) is 16.7. The zero-order valence-corrected chi connectivity index (χ0v) is 23.7. The molecule has 6 heteroatoms. The molecule has 40 heavy (non-hydrogen) atoms. The molecule has 0 aliphatic carbocycles. The molecule has 0 unspecified atom stereocenters. The van der Waals surface area contributed by atoms with Crippen molar-refractivity contribution in [3.8, 4) is 22.6 Å². The van der Waals surface area contributed by atoms with E-state index in [9.17, 15) is 18.0 Å². The van der Waals surface area contributed by atoms with E-state index in [-0.39, 0.29) is 22.6 Å². The van der Waals surface area contributed by atoms with Crippen molar-refractivity contribution in [1.29, 1.82) is 0 Å². The Hall–Kier alpha value is -3.28. The third kappa shape index (κ3) is 9.42. The van der Waals surface area contributed by atoms with Gasteiger partial charge < -0.3 is 9.47 Å². The number of benzene rings is 3. The molecule has 3 nitrogen and oxygen atoms in total. The number of halogens is 3. The third-order valence-electron chi connectivity index (χ3n) is 7.02. The highest BCUT2D eigenvalue weighted by molar-refractivity contribution is 5.91. The lowest BCUT2D eigenvalue weighted by Crippen LogP contribution is -2.09. The standard InChI is InChI=1S/C34H41F3O3/c1-3-5-7-9-11-13-23-39-31-22-21-29(32(36)33(31)37)25-15-17-27(18-16-25)34(38)40-28-20-19-26(30(35)24-28)14-12-10-8-6-4-2/h15-22,24H,3-14,23H2,1-2H3. The molecular formula is C34H41F3O3. The molecule has 0 aromatic heterocycles. The summed E-state index contributed by atoms with van der Waals surface area (Å²) in [6.45, 7) is 4.65. The number of hydrogen-bond acceptors (Lipinski definition) is 3. The Morgan fingerprint density at radius 1 is 0.700 bits per heavy atom. The van der Waals surface area contributed by atoms with Crippen LogP contribution in [-0.2, 0) is 6.42 Å². The minimum Gasteiger partial charge on any atom is -0.490 e. The van der Waals surface area contributed by atoms with Gasteiger partial charge in [0.2, 0.25) is 5.82 Å². The van der Waals surface area contributed by atoms with Crippen LogP contribution in [0.3, 0.4) is 0 Å². The molecule has 216 valence electrons. The topological polar surface area (TPSA) is 35.5 Å². The first-order valence-electron chi connectivity index (χ1n) is 14.7. The van der Waals surface area contributed by atoms with E-state index in [4.69, 9.17) is 9.47 Å². The fourth-order valence-corrected chi connectivity index (χ4v) is 4.60. The van der Waals surface area contributed by atoms with Crippen LogP contribution in [0, 0.1) is 17.5 Å². The lowest BCUT2D eigenvalue weighted by atomic mass is 10.0. The van der Waals surface area contributed by atoms with Gasteiger partial charge in [0.1, 0.15) is 11.6 Å². The summed E-state index contributed by atoms with van der Waals surface area (Å²) in [5.74, 6) is -3.08. The number of aryl methyl sites for hydroxylation is 1. The van der Waals surface area contributed by atoms with Crippen molar-refractivity contribution in [2.45, 2.75) is 90.9 Å². The van der Waals surface area contributed by atoms with E-state index in [0.717, 1.165) is 44.9 Å². The molecule has 0 aliphatic rings. The highest BCUT2D eigenvalue weighted by Gasteiger charge is 2.17. The average molecular weight is 555 g/mol. The molecule has 3 aromatic carbocycles. The number of hydrogen-bond donors (Lipinski definition) is 0. The monoisotopic (exact) mass is 554 g/mol. The van der Waals surface area contributed by atoms with Crippen molar-refractivity contribution in [3.05, 3.63) is 83.2 Å². The van der Waals surface area contributed by atoms with E-state index in [1.54, 1.807) is 12.1 Å². The number of carbonyl (C=O) groups excluding carboxylic acids is 1. The van der Waals surface area contributed by atoms with Crippen molar-refractivity contribution in [2.24, 2.45) is 0 Å². The van der Waals surface area contributed by atoms with Gasteiger partial charge in [0.15, 0.2) is 11.6 Å². The summed E-state index contributed by atoms with van der Waals surface area (Å²) in [4.78, 5) is 12.6. The smallest absolute Gasteiger partial charge is 0.343 e. The van der Waals surface area contributed by atoms with Crippen LogP contribution in [0.5, 0.6) is 11.5 Å². The zero-order chi connectivity index (χ0) is 28.7. The van der Waals surface area contributed by atoms with E-state index < -0.39 is 23.4 Å². The Balaban J connectivity index is 1.55. The maximum Gasteiger partial charge on any atom is 0.343 e. The minimum atomic E-state index is -1.03. The van der Waals surface area contributed by atoms with Crippen molar-refractivity contribution < 1.29 is 27.4 Å². The van der Waals surface area contributed by atoms with E-state index in [1.165, 1.54) is 68.1 Å². The summed E-state index contributed by atoms with van der Waals surface area (Å²) in [7, 11) is 0. The van der Waals surface area contributed by atoms with Gasteiger partial charge in [0.05, 0.1) is 12.2 Å². The Kier molecular flexibility index (Phi) is 13.1. The predicted octanol–water partition coefficient (Wildman–Crippen LogP) is 10.2. The molecule has 3 rings (SSSR count). The van der Waals surface area contributed by atoms with Crippen molar-refractivity contribution in [2.75, 3.05) is 6.61 Å². The average Bonchev–Trinajstić information content (AvgIpc) is 2.96. The highest BCUT2D eigenvalue weighted by atomic mass is 19.2. The highest BCUT2D eigenvalue weighted by Crippen LogP contribution is 2.30. The Morgan fingerprint density at radius 2 is 1.35 bits per heavy atom. The Bertz CT molecular complexity index is 1210. The lowest BCUT2D eigenvalue weighted by molar-refractivity contribution is 0.0734. The van der Waals surface area contributed by atoms with E-state index in [2.05, 4.69) is 13.8 Å². The SMILES string of the molecule is CCCCCCCCOc1ccc(-c2ccc(C(=O)Oc3ccc(CCCCCCC)c(F)c3)cc2)c(F)c1F. The molecule has 0 atom stereocenters.